The molecule has 0 fully saturated rings. The van der Waals surface area contributed by atoms with Crippen molar-refractivity contribution in [1.29, 1.82) is 0 Å². The Morgan fingerprint density at radius 3 is 1.77 bits per heavy atom. The van der Waals surface area contributed by atoms with Crippen molar-refractivity contribution in [3.8, 4) is 0 Å². The van der Waals surface area contributed by atoms with Gasteiger partial charge in [0, 0.05) is 6.42 Å². The van der Waals surface area contributed by atoms with Crippen LogP contribution in [0.15, 0.2) is 97.3 Å². The first-order valence-electron chi connectivity index (χ1n) is 13.2. The van der Waals surface area contributed by atoms with Crippen LogP contribution in [0.5, 0.6) is 0 Å². The smallest absolute Gasteiger partial charge is 0.330 e. The maximum Gasteiger partial charge on any atom is 0.330 e. The fraction of sp³-hybridized carbons (Fsp3) is 0.300. The number of esters is 1. The Morgan fingerprint density at radius 1 is 0.875 bits per heavy atom. The lowest BCUT2D eigenvalue weighted by molar-refractivity contribution is -0.146. The fourth-order valence-electron chi connectivity index (χ4n) is 4.79. The third kappa shape index (κ3) is 6.61. The van der Waals surface area contributed by atoms with E-state index in [1.165, 1.54) is 0 Å². The van der Waals surface area contributed by atoms with E-state index < -0.39 is 25.2 Å². The monoisotopic (exact) mass is 625 g/mol. The number of halogens is 1. The van der Waals surface area contributed by atoms with Crippen molar-refractivity contribution in [3.05, 3.63) is 120 Å². The number of hydrogen-bond donors (Lipinski definition) is 0. The van der Waals surface area contributed by atoms with Crippen molar-refractivity contribution in [3.63, 3.8) is 0 Å². The number of aromatic nitrogens is 3. The van der Waals surface area contributed by atoms with E-state index in [9.17, 15) is 9.36 Å². The minimum atomic E-state index is -3.38. The second-order valence-corrected chi connectivity index (χ2v) is 11.7. The van der Waals surface area contributed by atoms with Crippen LogP contribution in [0.2, 0.25) is 0 Å². The summed E-state index contributed by atoms with van der Waals surface area (Å²) in [6.07, 6.45) is 1.00. The molecule has 4 aromatic rings. The van der Waals surface area contributed by atoms with Crippen LogP contribution >= 0.6 is 23.5 Å². The molecule has 0 bridgehead atoms. The van der Waals surface area contributed by atoms with Gasteiger partial charge in [-0.15, -0.1) is 0 Å². The van der Waals surface area contributed by atoms with Crippen LogP contribution in [-0.2, 0) is 28.7 Å². The predicted molar refractivity (Wildman–Crippen MR) is 158 cm³/mol. The van der Waals surface area contributed by atoms with Crippen LogP contribution in [0.25, 0.3) is 0 Å². The Labute approximate surface area is 243 Å². The topological polar surface area (TPSA) is 92.5 Å². The summed E-state index contributed by atoms with van der Waals surface area (Å²) in [7, 11) is -3.38. The molecule has 40 heavy (non-hydrogen) atoms. The maximum absolute atomic E-state index is 13.2. The molecule has 10 heteroatoms. The molecule has 0 aliphatic heterocycles. The third-order valence-corrected chi connectivity index (χ3v) is 8.98. The molecule has 0 aliphatic rings. The molecule has 1 unspecified atom stereocenters. The number of ether oxygens (including phenoxy) is 1. The van der Waals surface area contributed by atoms with Gasteiger partial charge in [-0.3, -0.25) is 9.36 Å². The molecule has 0 radical (unpaired) electrons. The van der Waals surface area contributed by atoms with E-state index in [1.54, 1.807) is 20.2 Å². The molecular formula is C30H33BrN3O5P. The second kappa shape index (κ2) is 14.0. The fourth-order valence-corrected chi connectivity index (χ4v) is 6.59. The van der Waals surface area contributed by atoms with Crippen molar-refractivity contribution >= 4 is 29.5 Å². The average molecular weight is 626 g/mol. The van der Waals surface area contributed by atoms with Crippen molar-refractivity contribution in [2.24, 2.45) is 0 Å². The van der Waals surface area contributed by atoms with Crippen molar-refractivity contribution < 1.29 is 23.1 Å². The zero-order valence-electron chi connectivity index (χ0n) is 22.6. The Hall–Kier alpha value is -3.10. The third-order valence-electron chi connectivity index (χ3n) is 6.42. The van der Waals surface area contributed by atoms with Gasteiger partial charge >= 0.3 is 13.6 Å². The Kier molecular flexibility index (Phi) is 10.5. The summed E-state index contributed by atoms with van der Waals surface area (Å²) in [5, 5.41) is 4.93. The van der Waals surface area contributed by atoms with Gasteiger partial charge in [-0.25, -0.2) is 9.67 Å². The molecule has 0 spiro atoms. The van der Waals surface area contributed by atoms with Gasteiger partial charge in [-0.05, 0) is 30.5 Å². The quantitative estimate of drug-likeness (QED) is 0.0662. The standard InChI is InChI=1S/C30H33BrN3O5P/c1-3-37-40(36,38-4-2)21-20-27(39-28(35)22-31)29-32-23-34(33-29)30(24-14-8-5-9-15-24,25-16-10-6-11-17-25)26-18-12-7-13-19-26/h5-19,23,27H,3-4,20-22H2,1-2H3. The van der Waals surface area contributed by atoms with E-state index in [0.717, 1.165) is 16.7 Å². The highest BCUT2D eigenvalue weighted by molar-refractivity contribution is 9.09. The summed E-state index contributed by atoms with van der Waals surface area (Å²) in [5.74, 6) is -0.189. The number of rotatable bonds is 14. The van der Waals surface area contributed by atoms with Crippen molar-refractivity contribution in [2.45, 2.75) is 31.9 Å². The average Bonchev–Trinajstić information content (AvgIpc) is 3.48. The van der Waals surface area contributed by atoms with Gasteiger partial charge in [-0.2, -0.15) is 5.10 Å². The van der Waals surface area contributed by atoms with E-state index in [4.69, 9.17) is 18.9 Å². The molecule has 210 valence electrons. The number of hydrogen-bond acceptors (Lipinski definition) is 7. The molecule has 0 N–H and O–H groups in total. The van der Waals surface area contributed by atoms with Gasteiger partial charge in [0.2, 0.25) is 0 Å². The van der Waals surface area contributed by atoms with Gasteiger partial charge in [0.25, 0.3) is 0 Å². The minimum absolute atomic E-state index is 0.000767. The Morgan fingerprint density at radius 2 is 1.35 bits per heavy atom. The molecule has 0 amide bonds. The van der Waals surface area contributed by atoms with Gasteiger partial charge in [-0.1, -0.05) is 107 Å². The summed E-state index contributed by atoms with van der Waals surface area (Å²) in [4.78, 5) is 17.0. The number of nitrogens with zero attached hydrogens (tertiary/aromatic N) is 3. The summed E-state index contributed by atoms with van der Waals surface area (Å²) in [6, 6.07) is 30.2. The molecule has 0 aliphatic carbocycles. The first kappa shape index (κ1) is 29.9. The number of carbonyl (C=O) groups is 1. The second-order valence-electron chi connectivity index (χ2n) is 8.93. The highest BCUT2D eigenvalue weighted by atomic mass is 79.9. The van der Waals surface area contributed by atoms with E-state index in [1.807, 2.05) is 59.3 Å². The van der Waals surface area contributed by atoms with Crippen LogP contribution in [-0.4, -0.2) is 45.4 Å². The van der Waals surface area contributed by atoms with Crippen molar-refractivity contribution in [2.75, 3.05) is 24.7 Å². The predicted octanol–water partition coefficient (Wildman–Crippen LogP) is 6.75. The highest BCUT2D eigenvalue weighted by Gasteiger charge is 2.40. The normalized spacial score (nSPS) is 12.7. The van der Waals surface area contributed by atoms with Gasteiger partial charge < -0.3 is 13.8 Å². The highest BCUT2D eigenvalue weighted by Crippen LogP contribution is 2.50. The summed E-state index contributed by atoms with van der Waals surface area (Å²) in [5.41, 5.74) is 2.07. The summed E-state index contributed by atoms with van der Waals surface area (Å²) >= 11 is 3.16. The van der Waals surface area contributed by atoms with E-state index in [2.05, 4.69) is 57.3 Å². The molecule has 4 rings (SSSR count). The van der Waals surface area contributed by atoms with E-state index >= 15 is 0 Å². The summed E-state index contributed by atoms with van der Waals surface area (Å²) in [6.45, 7) is 3.99. The van der Waals surface area contributed by atoms with E-state index in [0.29, 0.717) is 5.82 Å². The van der Waals surface area contributed by atoms with Crippen molar-refractivity contribution in [1.82, 2.24) is 14.8 Å². The molecule has 8 nitrogen and oxygen atoms in total. The number of carbonyl (C=O) groups excluding carboxylic acids is 1. The molecular weight excluding hydrogens is 593 g/mol. The zero-order chi connectivity index (χ0) is 28.4. The largest absolute Gasteiger partial charge is 0.453 e. The Balaban J connectivity index is 1.84. The van der Waals surface area contributed by atoms with Gasteiger partial charge in [0.15, 0.2) is 11.9 Å². The molecule has 0 saturated heterocycles. The molecule has 1 atom stereocenters. The van der Waals surface area contributed by atoms with Crippen LogP contribution < -0.4 is 0 Å². The van der Waals surface area contributed by atoms with E-state index in [-0.39, 0.29) is 31.1 Å². The first-order valence-corrected chi connectivity index (χ1v) is 16.0. The lowest BCUT2D eigenvalue weighted by Gasteiger charge is -2.36. The number of benzene rings is 3. The number of alkyl halides is 1. The van der Waals surface area contributed by atoms with Crippen LogP contribution in [0.3, 0.4) is 0 Å². The lowest BCUT2D eigenvalue weighted by Crippen LogP contribution is -2.38. The molecule has 3 aromatic carbocycles. The molecule has 1 heterocycles. The molecule has 0 saturated carbocycles. The Bertz CT molecular complexity index is 1300. The summed E-state index contributed by atoms with van der Waals surface area (Å²) < 4.78 is 31.6. The maximum atomic E-state index is 13.2. The molecule has 1 aromatic heterocycles. The first-order chi connectivity index (χ1) is 19.5. The lowest BCUT2D eigenvalue weighted by atomic mass is 9.77. The van der Waals surface area contributed by atoms with Gasteiger partial charge in [0.1, 0.15) is 17.2 Å². The van der Waals surface area contributed by atoms with Crippen LogP contribution in [0.4, 0.5) is 0 Å². The van der Waals surface area contributed by atoms with Gasteiger partial charge in [0.05, 0.1) is 19.4 Å². The minimum Gasteiger partial charge on any atom is -0.453 e. The van der Waals surface area contributed by atoms with Crippen LogP contribution in [0.1, 0.15) is 48.9 Å². The SMILES string of the molecule is CCOP(=O)(CCC(OC(=O)CBr)c1ncn(C(c2ccccc2)(c2ccccc2)c2ccccc2)n1)OCC. The van der Waals surface area contributed by atoms with Crippen LogP contribution in [0, 0.1) is 0 Å². The zero-order valence-corrected chi connectivity index (χ0v) is 25.0.